The van der Waals surface area contributed by atoms with Crippen molar-refractivity contribution in [2.45, 2.75) is 108 Å². The molecule has 2 amide bonds. The van der Waals surface area contributed by atoms with Gasteiger partial charge in [-0.2, -0.15) is 0 Å². The van der Waals surface area contributed by atoms with Gasteiger partial charge in [-0.05, 0) is 70.5 Å². The minimum atomic E-state index is -0.510. The molecule has 0 aromatic heterocycles. The van der Waals surface area contributed by atoms with E-state index >= 15 is 0 Å². The standard InChI is InChI=1S/C29H48N2O9.C22H43NO10.C14H19NO2.ClH/c1-34-29(33)28(25-7-3-2-4-8-25)26-9-5-6-12-31(26)27(32)10-13-35-15-17-37-19-21-39-23-24-40-22-20-38-18-16-36-14-11-30;1-22(2,3)33-21(26)23-6-9-28-11-13-30-15-17-32-19-18-31-16-14-29-12-10-27-8-5-20(25)4-7-24;1-17-14(16)13(11-7-3-2-4-8-11)12-9-5-6-10-15-12;/h2-4,7-8,26,28H,5-6,9-24,30H2,1H3;24H,4-19H2,1-3H3,(H,23,26);2-4,7-8,12-13,15H,5-6,9-10H2,1H3;1H. The fourth-order valence-corrected chi connectivity index (χ4v) is 9.16. The second-order valence-corrected chi connectivity index (χ2v) is 21.6. The molecule has 0 bridgehead atoms. The largest absolute Gasteiger partial charge is 0.469 e. The van der Waals surface area contributed by atoms with E-state index in [1.165, 1.54) is 27.1 Å². The monoisotopic (exact) mass is 1320 g/mol. The fraction of sp³-hybridized carbons (Fsp3) is 0.738. The summed E-state index contributed by atoms with van der Waals surface area (Å²) in [7, 11) is 2.85. The van der Waals surface area contributed by atoms with Crippen molar-refractivity contribution < 1.29 is 100 Å². The van der Waals surface area contributed by atoms with E-state index in [1.807, 2.05) is 86.3 Å². The molecule has 2 aliphatic heterocycles. The van der Waals surface area contributed by atoms with Crippen molar-refractivity contribution in [1.82, 2.24) is 15.5 Å². The third-order valence-corrected chi connectivity index (χ3v) is 13.5. The topological polar surface area (TPSA) is 297 Å². The lowest BCUT2D eigenvalue weighted by Crippen LogP contribution is -2.49. The Morgan fingerprint density at radius 2 is 0.923 bits per heavy atom. The second-order valence-electron chi connectivity index (χ2n) is 21.6. The average molecular weight is 1320 g/mol. The number of benzene rings is 2. The Kier molecular flexibility index (Phi) is 53.9. The Hall–Kier alpha value is -4.52. The molecular weight excluding hydrogens is 1210 g/mol. The molecule has 2 aliphatic rings. The van der Waals surface area contributed by atoms with Gasteiger partial charge in [-0.25, -0.2) is 4.79 Å². The molecule has 2 aromatic rings. The van der Waals surface area contributed by atoms with Crippen molar-refractivity contribution in [3.63, 3.8) is 0 Å². The quantitative estimate of drug-likeness (QED) is 0.0374. The number of nitrogens with one attached hydrogen (secondary N) is 2. The molecule has 524 valence electrons. The summed E-state index contributed by atoms with van der Waals surface area (Å²) < 4.78 is 79.9. The lowest BCUT2D eigenvalue weighted by molar-refractivity contribution is -0.147. The number of amides is 2. The van der Waals surface area contributed by atoms with E-state index < -0.39 is 17.6 Å². The van der Waals surface area contributed by atoms with Crippen LogP contribution in [0.3, 0.4) is 0 Å². The number of halogens is 1. The molecule has 4 atom stereocenters. The number of nitrogens with zero attached hydrogens (tertiary/aromatic N) is 1. The van der Waals surface area contributed by atoms with Crippen LogP contribution >= 0.6 is 12.4 Å². The minimum Gasteiger partial charge on any atom is -0.469 e. The predicted molar refractivity (Wildman–Crippen MR) is 344 cm³/mol. The molecule has 0 saturated carbocycles. The zero-order valence-electron chi connectivity index (χ0n) is 55.0. The number of alkyl carbamates (subject to hydrolysis) is 1. The van der Waals surface area contributed by atoms with Crippen LogP contribution in [0.15, 0.2) is 60.7 Å². The number of piperidine rings is 2. The number of nitrogens with two attached hydrogens (primary N) is 1. The Balaban J connectivity index is 0.000000727. The summed E-state index contributed by atoms with van der Waals surface area (Å²) >= 11 is 0. The van der Waals surface area contributed by atoms with E-state index in [0.717, 1.165) is 43.4 Å². The third kappa shape index (κ3) is 44.7. The molecule has 5 N–H and O–H groups in total. The zero-order valence-corrected chi connectivity index (χ0v) is 55.8. The average Bonchev–Trinajstić information content (AvgIpc) is 1.29. The summed E-state index contributed by atoms with van der Waals surface area (Å²) in [5, 5.41) is 14.7. The van der Waals surface area contributed by atoms with Crippen LogP contribution in [0, 0.1) is 0 Å². The number of aliphatic hydroxyl groups excluding tert-OH is 1. The Morgan fingerprint density at radius 1 is 0.527 bits per heavy atom. The Bertz CT molecular complexity index is 2060. The Labute approximate surface area is 546 Å². The van der Waals surface area contributed by atoms with Crippen molar-refractivity contribution >= 4 is 42.1 Å². The first-order valence-electron chi connectivity index (χ1n) is 31.9. The molecule has 4 rings (SSSR count). The summed E-state index contributed by atoms with van der Waals surface area (Å²) in [6.07, 6.45) is 6.38. The summed E-state index contributed by atoms with van der Waals surface area (Å²) in [6.45, 7) is 18.8. The van der Waals surface area contributed by atoms with Crippen LogP contribution in [-0.4, -0.2) is 263 Å². The van der Waals surface area contributed by atoms with Crippen molar-refractivity contribution in [3.8, 4) is 0 Å². The maximum absolute atomic E-state index is 13.1. The van der Waals surface area contributed by atoms with Crippen LogP contribution in [0.1, 0.15) is 102 Å². The number of esters is 2. The molecule has 4 unspecified atom stereocenters. The van der Waals surface area contributed by atoms with E-state index in [2.05, 4.69) is 10.6 Å². The molecule has 91 heavy (non-hydrogen) atoms. The van der Waals surface area contributed by atoms with Gasteiger partial charge < -0.3 is 97.4 Å². The molecular formula is C65H111ClN4O21. The summed E-state index contributed by atoms with van der Waals surface area (Å²) in [5.41, 5.74) is 6.73. The molecule has 2 fully saturated rings. The first-order valence-corrected chi connectivity index (χ1v) is 31.9. The van der Waals surface area contributed by atoms with Crippen molar-refractivity contribution in [2.75, 3.05) is 206 Å². The number of hydrogen-bond donors (Lipinski definition) is 4. The van der Waals surface area contributed by atoms with Crippen molar-refractivity contribution in [3.05, 3.63) is 71.8 Å². The highest BCUT2D eigenvalue weighted by Crippen LogP contribution is 2.32. The first-order chi connectivity index (χ1) is 43.9. The highest BCUT2D eigenvalue weighted by Gasteiger charge is 2.38. The number of methoxy groups -OCH3 is 2. The van der Waals surface area contributed by atoms with Gasteiger partial charge in [0, 0.05) is 51.2 Å². The van der Waals surface area contributed by atoms with E-state index in [-0.39, 0.29) is 73.5 Å². The number of aliphatic hydroxyl groups is 1. The molecule has 25 nitrogen and oxygen atoms in total. The maximum Gasteiger partial charge on any atom is 0.407 e. The zero-order chi connectivity index (χ0) is 65.4. The lowest BCUT2D eigenvalue weighted by Gasteiger charge is -2.39. The van der Waals surface area contributed by atoms with Gasteiger partial charge in [0.25, 0.3) is 0 Å². The lowest BCUT2D eigenvalue weighted by atomic mass is 9.85. The number of Topliss-reactive ketones (excluding diaryl/α,β-unsaturated/α-hetero) is 1. The van der Waals surface area contributed by atoms with Crippen LogP contribution in [0.2, 0.25) is 0 Å². The van der Waals surface area contributed by atoms with Gasteiger partial charge in [0.1, 0.15) is 17.3 Å². The van der Waals surface area contributed by atoms with Gasteiger partial charge in [-0.1, -0.05) is 67.1 Å². The first kappa shape index (κ1) is 84.5. The number of hydrogen-bond acceptors (Lipinski definition) is 23. The van der Waals surface area contributed by atoms with E-state index in [1.54, 1.807) is 0 Å². The molecule has 2 saturated heterocycles. The molecule has 0 spiro atoms. The van der Waals surface area contributed by atoms with Crippen molar-refractivity contribution in [2.24, 2.45) is 5.73 Å². The predicted octanol–water partition coefficient (Wildman–Crippen LogP) is 5.23. The molecule has 2 heterocycles. The van der Waals surface area contributed by atoms with Crippen LogP contribution in [0.5, 0.6) is 0 Å². The van der Waals surface area contributed by atoms with Crippen LogP contribution < -0.4 is 16.4 Å². The molecule has 26 heteroatoms. The SMILES string of the molecule is CC(C)(C)OC(=O)NCCOCCOCCOCCOCCOCCOCCC(=O)CCO.COC(=O)C(c1ccccc1)C1CCCCN1.COC(=O)C(c1ccccc1)C1CCCCN1C(=O)CCOCCOCCOCCOCCOCCOCCN.Cl. The summed E-state index contributed by atoms with van der Waals surface area (Å²) in [4.78, 5) is 62.1. The van der Waals surface area contributed by atoms with Gasteiger partial charge in [0.2, 0.25) is 5.91 Å². The maximum atomic E-state index is 13.1. The van der Waals surface area contributed by atoms with E-state index in [0.29, 0.717) is 185 Å². The summed E-state index contributed by atoms with van der Waals surface area (Å²) in [6, 6.07) is 19.4. The second kappa shape index (κ2) is 58.1. The van der Waals surface area contributed by atoms with Gasteiger partial charge in [0.05, 0.1) is 185 Å². The Morgan fingerprint density at radius 3 is 1.33 bits per heavy atom. The highest BCUT2D eigenvalue weighted by atomic mass is 35.5. The van der Waals surface area contributed by atoms with Gasteiger partial charge >= 0.3 is 18.0 Å². The number of likely N-dealkylation sites (tertiary alicyclic amines) is 1. The van der Waals surface area contributed by atoms with Crippen LogP contribution in [0.4, 0.5) is 4.79 Å². The number of carbonyl (C=O) groups is 5. The fourth-order valence-electron chi connectivity index (χ4n) is 9.16. The van der Waals surface area contributed by atoms with Crippen LogP contribution in [0.25, 0.3) is 0 Å². The van der Waals surface area contributed by atoms with Crippen LogP contribution in [-0.2, 0) is 90.2 Å². The third-order valence-electron chi connectivity index (χ3n) is 13.5. The highest BCUT2D eigenvalue weighted by molar-refractivity contribution is 5.85. The van der Waals surface area contributed by atoms with E-state index in [4.69, 9.17) is 81.9 Å². The normalized spacial score (nSPS) is 15.4. The minimum absolute atomic E-state index is 0. The smallest absolute Gasteiger partial charge is 0.407 e. The van der Waals surface area contributed by atoms with E-state index in [9.17, 15) is 24.0 Å². The number of rotatable bonds is 49. The van der Waals surface area contributed by atoms with Gasteiger partial charge in [-0.3, -0.25) is 19.2 Å². The molecule has 0 aliphatic carbocycles. The van der Waals surface area contributed by atoms with Crippen molar-refractivity contribution in [1.29, 1.82) is 0 Å². The molecule has 2 aromatic carbocycles. The molecule has 0 radical (unpaired) electrons. The number of carbonyl (C=O) groups excluding carboxylic acids is 5. The van der Waals surface area contributed by atoms with Gasteiger partial charge in [0.15, 0.2) is 0 Å². The van der Waals surface area contributed by atoms with Gasteiger partial charge in [-0.15, -0.1) is 12.4 Å². The number of ether oxygens (including phenoxy) is 15. The number of ketones is 1. The summed E-state index contributed by atoms with van der Waals surface area (Å²) in [5.74, 6) is -1.14.